The van der Waals surface area contributed by atoms with Crippen molar-refractivity contribution >= 4 is 17.4 Å². The highest BCUT2D eigenvalue weighted by Gasteiger charge is 2.17. The average Bonchev–Trinajstić information content (AvgIpc) is 3.29. The number of pyridine rings is 1. The Kier molecular flexibility index (Phi) is 5.28. The molecule has 3 heterocycles. The number of aromatic nitrogens is 5. The van der Waals surface area contributed by atoms with Crippen molar-refractivity contribution in [2.45, 2.75) is 43.6 Å². The smallest absolute Gasteiger partial charge is 0.192 e. The van der Waals surface area contributed by atoms with Crippen LogP contribution in [0.15, 0.2) is 72.7 Å². The summed E-state index contributed by atoms with van der Waals surface area (Å²) in [6.07, 6.45) is 5.95. The van der Waals surface area contributed by atoms with E-state index in [2.05, 4.69) is 77.6 Å². The Balaban J connectivity index is 1.58. The molecule has 0 aliphatic heterocycles. The quantitative estimate of drug-likeness (QED) is 0.321. The van der Waals surface area contributed by atoms with Crippen molar-refractivity contribution in [3.05, 3.63) is 78.8 Å². The van der Waals surface area contributed by atoms with Crippen LogP contribution < -0.4 is 0 Å². The van der Waals surface area contributed by atoms with Crippen LogP contribution in [0.25, 0.3) is 17.0 Å². The van der Waals surface area contributed by atoms with Gasteiger partial charge in [-0.3, -0.25) is 4.57 Å². The summed E-state index contributed by atoms with van der Waals surface area (Å²) >= 11 is 1.64. The summed E-state index contributed by atoms with van der Waals surface area (Å²) in [5.41, 5.74) is 4.47. The molecule has 148 valence electrons. The molecule has 1 aromatic carbocycles. The van der Waals surface area contributed by atoms with Crippen molar-refractivity contribution in [2.24, 2.45) is 0 Å². The molecule has 0 radical (unpaired) electrons. The lowest BCUT2D eigenvalue weighted by atomic mass is 9.87. The molecule has 0 saturated heterocycles. The van der Waals surface area contributed by atoms with E-state index in [0.717, 1.165) is 33.6 Å². The Labute approximate surface area is 175 Å². The molecule has 0 unspecified atom stereocenters. The van der Waals surface area contributed by atoms with Gasteiger partial charge in [0.15, 0.2) is 11.0 Å². The summed E-state index contributed by atoms with van der Waals surface area (Å²) in [7, 11) is 0. The first-order valence-corrected chi connectivity index (χ1v) is 10.6. The zero-order valence-electron chi connectivity index (χ0n) is 17.0. The third-order valence-electron chi connectivity index (χ3n) is 4.80. The number of imidazole rings is 1. The van der Waals surface area contributed by atoms with Crippen molar-refractivity contribution in [2.75, 3.05) is 0 Å². The van der Waals surface area contributed by atoms with Gasteiger partial charge in [-0.25, -0.2) is 4.98 Å². The second-order valence-electron chi connectivity index (χ2n) is 8.02. The topological polar surface area (TPSA) is 48.0 Å². The first kappa shape index (κ1) is 19.5. The van der Waals surface area contributed by atoms with Gasteiger partial charge in [-0.15, -0.1) is 16.8 Å². The van der Waals surface area contributed by atoms with E-state index in [1.165, 1.54) is 5.56 Å². The second-order valence-corrected chi connectivity index (χ2v) is 8.96. The van der Waals surface area contributed by atoms with E-state index in [1.807, 2.05) is 34.9 Å². The fraction of sp³-hybridized carbons (Fsp3) is 0.261. The number of hydrogen-bond acceptors (Lipinski definition) is 4. The Morgan fingerprint density at radius 1 is 1.07 bits per heavy atom. The van der Waals surface area contributed by atoms with E-state index in [-0.39, 0.29) is 5.41 Å². The first-order valence-electron chi connectivity index (χ1n) is 9.66. The van der Waals surface area contributed by atoms with Crippen LogP contribution in [-0.4, -0.2) is 24.1 Å². The second kappa shape index (κ2) is 7.87. The van der Waals surface area contributed by atoms with Crippen LogP contribution in [0, 0.1) is 0 Å². The molecule has 0 fully saturated rings. The molecule has 0 bridgehead atoms. The van der Waals surface area contributed by atoms with Crippen LogP contribution in [0.2, 0.25) is 0 Å². The van der Waals surface area contributed by atoms with E-state index < -0.39 is 0 Å². The van der Waals surface area contributed by atoms with Crippen LogP contribution in [0.3, 0.4) is 0 Å². The van der Waals surface area contributed by atoms with Crippen LogP contribution in [-0.2, 0) is 17.7 Å². The normalized spacial score (nSPS) is 11.8. The number of fused-ring (bicyclic) bond motifs is 1. The van der Waals surface area contributed by atoms with Crippen LogP contribution >= 0.6 is 11.8 Å². The fourth-order valence-corrected chi connectivity index (χ4v) is 4.05. The SMILES string of the molecule is C=CCn1c(SCc2cn3ccccc3n2)nnc1-c1ccc(C(C)(C)C)cc1. The molecule has 0 atom stereocenters. The van der Waals surface area contributed by atoms with Gasteiger partial charge >= 0.3 is 0 Å². The summed E-state index contributed by atoms with van der Waals surface area (Å²) in [6.45, 7) is 11.2. The van der Waals surface area contributed by atoms with Crippen LogP contribution in [0.5, 0.6) is 0 Å². The van der Waals surface area contributed by atoms with Gasteiger partial charge in [-0.1, -0.05) is 68.9 Å². The summed E-state index contributed by atoms with van der Waals surface area (Å²) < 4.78 is 4.14. The fourth-order valence-electron chi connectivity index (χ4n) is 3.22. The zero-order valence-corrected chi connectivity index (χ0v) is 17.9. The molecule has 29 heavy (non-hydrogen) atoms. The molecule has 6 heteroatoms. The van der Waals surface area contributed by atoms with Crippen molar-refractivity contribution in [1.82, 2.24) is 24.1 Å². The lowest BCUT2D eigenvalue weighted by Gasteiger charge is -2.19. The van der Waals surface area contributed by atoms with Gasteiger partial charge in [0.25, 0.3) is 0 Å². The minimum absolute atomic E-state index is 0.127. The van der Waals surface area contributed by atoms with E-state index >= 15 is 0 Å². The monoisotopic (exact) mass is 403 g/mol. The Hall–Kier alpha value is -2.86. The molecule has 3 aromatic heterocycles. The summed E-state index contributed by atoms with van der Waals surface area (Å²) in [5.74, 6) is 1.60. The molecule has 0 saturated carbocycles. The number of benzene rings is 1. The summed E-state index contributed by atoms with van der Waals surface area (Å²) in [4.78, 5) is 4.67. The average molecular weight is 404 g/mol. The molecule has 0 amide bonds. The number of thioether (sulfide) groups is 1. The minimum atomic E-state index is 0.127. The predicted octanol–water partition coefficient (Wildman–Crippen LogP) is 5.37. The lowest BCUT2D eigenvalue weighted by molar-refractivity contribution is 0.590. The van der Waals surface area contributed by atoms with Crippen LogP contribution in [0.4, 0.5) is 0 Å². The van der Waals surface area contributed by atoms with Gasteiger partial charge in [0.1, 0.15) is 5.65 Å². The molecule has 0 aliphatic rings. The van der Waals surface area contributed by atoms with Gasteiger partial charge in [-0.05, 0) is 23.1 Å². The van der Waals surface area contributed by atoms with Gasteiger partial charge in [0.05, 0.1) is 5.69 Å². The maximum Gasteiger partial charge on any atom is 0.192 e. The van der Waals surface area contributed by atoms with Crippen LogP contribution in [0.1, 0.15) is 32.0 Å². The third kappa shape index (κ3) is 4.12. The molecule has 5 nitrogen and oxygen atoms in total. The van der Waals surface area contributed by atoms with E-state index in [9.17, 15) is 0 Å². The van der Waals surface area contributed by atoms with Crippen molar-refractivity contribution in [1.29, 1.82) is 0 Å². The van der Waals surface area contributed by atoms with Crippen molar-refractivity contribution in [3.63, 3.8) is 0 Å². The highest BCUT2D eigenvalue weighted by molar-refractivity contribution is 7.98. The van der Waals surface area contributed by atoms with Gasteiger partial charge < -0.3 is 4.40 Å². The molecular formula is C23H25N5S. The number of hydrogen-bond donors (Lipinski definition) is 0. The molecule has 4 rings (SSSR count). The Morgan fingerprint density at radius 3 is 2.55 bits per heavy atom. The highest BCUT2D eigenvalue weighted by atomic mass is 32.2. The Bertz CT molecular complexity index is 1100. The molecule has 0 spiro atoms. The first-order chi connectivity index (χ1) is 14.0. The number of nitrogens with zero attached hydrogens (tertiary/aromatic N) is 5. The molecule has 0 N–H and O–H groups in total. The molecule has 4 aromatic rings. The maximum absolute atomic E-state index is 4.67. The summed E-state index contributed by atoms with van der Waals surface area (Å²) in [6, 6.07) is 14.6. The predicted molar refractivity (Wildman–Crippen MR) is 119 cm³/mol. The highest BCUT2D eigenvalue weighted by Crippen LogP contribution is 2.29. The van der Waals surface area contributed by atoms with E-state index in [1.54, 1.807) is 11.8 Å². The van der Waals surface area contributed by atoms with Crippen molar-refractivity contribution < 1.29 is 0 Å². The van der Waals surface area contributed by atoms with Gasteiger partial charge in [0.2, 0.25) is 0 Å². The van der Waals surface area contributed by atoms with Gasteiger partial charge in [0, 0.05) is 30.3 Å². The largest absolute Gasteiger partial charge is 0.307 e. The van der Waals surface area contributed by atoms with Gasteiger partial charge in [-0.2, -0.15) is 0 Å². The summed E-state index contributed by atoms with van der Waals surface area (Å²) in [5, 5.41) is 9.79. The van der Waals surface area contributed by atoms with E-state index in [4.69, 9.17) is 0 Å². The lowest BCUT2D eigenvalue weighted by Crippen LogP contribution is -2.10. The maximum atomic E-state index is 4.67. The Morgan fingerprint density at radius 2 is 1.86 bits per heavy atom. The standard InChI is InChI=1S/C23H25N5S/c1-5-13-28-21(17-9-11-18(12-10-17)23(2,3)4)25-26-22(28)29-16-19-15-27-14-7-6-8-20(27)24-19/h5-12,14-15H,1,13,16H2,2-4H3. The van der Waals surface area contributed by atoms with E-state index in [0.29, 0.717) is 6.54 Å². The molecule has 0 aliphatic carbocycles. The number of allylic oxidation sites excluding steroid dienone is 1. The third-order valence-corrected chi connectivity index (χ3v) is 5.80. The minimum Gasteiger partial charge on any atom is -0.307 e. The zero-order chi connectivity index (χ0) is 20.4. The molecular weight excluding hydrogens is 378 g/mol. The van der Waals surface area contributed by atoms with Crippen molar-refractivity contribution in [3.8, 4) is 11.4 Å². The number of rotatable bonds is 6.